The van der Waals surface area contributed by atoms with Gasteiger partial charge in [-0.2, -0.15) is 0 Å². The van der Waals surface area contributed by atoms with Crippen LogP contribution in [0.1, 0.15) is 33.3 Å². The second-order valence-electron chi connectivity index (χ2n) is 10.5. The fourth-order valence-electron chi connectivity index (χ4n) is 4.40. The van der Waals surface area contributed by atoms with Crippen molar-refractivity contribution in [3.8, 4) is 17.2 Å². The van der Waals surface area contributed by atoms with Crippen molar-refractivity contribution in [1.82, 2.24) is 10.2 Å². The third kappa shape index (κ3) is 8.96. The molecule has 1 N–H and O–H groups in total. The first kappa shape index (κ1) is 35.8. The number of benzene rings is 3. The zero-order valence-corrected chi connectivity index (χ0v) is 28.5. The number of amides is 2. The first-order chi connectivity index (χ1) is 21.3. The number of sulfonamides is 1. The minimum absolute atomic E-state index is 0.134. The molecule has 10 nitrogen and oxygen atoms in total. The SMILES string of the molecule is CCOc1ccc(N(CC(=O)N(Cc2c(Cl)cccc2Cl)[C@H](C)C(=O)NCC(C)C)S(=O)(=O)c2ccc(OC)c(OC)c2)cc1. The van der Waals surface area contributed by atoms with E-state index in [9.17, 15) is 18.0 Å². The molecular formula is C32H39Cl2N3O7S. The molecule has 3 rings (SSSR count). The summed E-state index contributed by atoms with van der Waals surface area (Å²) < 4.78 is 45.6. The molecule has 0 aliphatic heterocycles. The lowest BCUT2D eigenvalue weighted by Gasteiger charge is -2.32. The zero-order valence-electron chi connectivity index (χ0n) is 26.2. The molecular weight excluding hydrogens is 641 g/mol. The Morgan fingerprint density at radius 1 is 0.911 bits per heavy atom. The normalized spacial score (nSPS) is 11.9. The third-order valence-corrected chi connectivity index (χ3v) is 9.38. The molecule has 1 atom stereocenters. The van der Waals surface area contributed by atoms with E-state index in [1.807, 2.05) is 20.8 Å². The van der Waals surface area contributed by atoms with Crippen LogP contribution in [0.25, 0.3) is 0 Å². The molecule has 0 spiro atoms. The van der Waals surface area contributed by atoms with Gasteiger partial charge in [-0.25, -0.2) is 8.42 Å². The van der Waals surface area contributed by atoms with Crippen molar-refractivity contribution in [3.05, 3.63) is 76.3 Å². The smallest absolute Gasteiger partial charge is 0.264 e. The van der Waals surface area contributed by atoms with E-state index in [1.54, 1.807) is 49.4 Å². The van der Waals surface area contributed by atoms with Crippen LogP contribution < -0.4 is 23.8 Å². The fourth-order valence-corrected chi connectivity index (χ4v) is 6.34. The molecule has 0 heterocycles. The molecule has 2 amide bonds. The standard InChI is InChI=1S/C32H39Cl2N3O7S/c1-7-44-24-13-11-23(12-14-24)37(45(40,41)25-15-16-29(42-5)30(17-25)43-6)20-31(38)36(22(4)32(39)35-18-21(2)3)19-26-27(33)9-8-10-28(26)34/h8-17,21-22H,7,18-20H2,1-6H3,(H,35,39)/t22-/m1/s1. The molecule has 13 heteroatoms. The summed E-state index contributed by atoms with van der Waals surface area (Å²) in [6, 6.07) is 14.4. The van der Waals surface area contributed by atoms with Crippen LogP contribution in [0.3, 0.4) is 0 Å². The highest BCUT2D eigenvalue weighted by Gasteiger charge is 2.33. The van der Waals surface area contributed by atoms with Crippen LogP contribution >= 0.6 is 23.2 Å². The highest BCUT2D eigenvalue weighted by atomic mass is 35.5. The Morgan fingerprint density at radius 2 is 1.53 bits per heavy atom. The number of anilines is 1. The molecule has 3 aromatic carbocycles. The number of halogens is 2. The number of carbonyl (C=O) groups excluding carboxylic acids is 2. The van der Waals surface area contributed by atoms with E-state index < -0.39 is 34.4 Å². The van der Waals surface area contributed by atoms with Crippen LogP contribution in [0.4, 0.5) is 5.69 Å². The lowest BCUT2D eigenvalue weighted by Crippen LogP contribution is -2.51. The van der Waals surface area contributed by atoms with Gasteiger partial charge in [0.1, 0.15) is 18.3 Å². The maximum absolute atomic E-state index is 14.2. The van der Waals surface area contributed by atoms with Crippen molar-refractivity contribution in [3.63, 3.8) is 0 Å². The zero-order chi connectivity index (χ0) is 33.3. The molecule has 0 aliphatic carbocycles. The number of methoxy groups -OCH3 is 2. The monoisotopic (exact) mass is 679 g/mol. The number of nitrogens with zero attached hydrogens (tertiary/aromatic N) is 2. The maximum Gasteiger partial charge on any atom is 0.264 e. The molecule has 0 saturated heterocycles. The number of rotatable bonds is 15. The van der Waals surface area contributed by atoms with Crippen LogP contribution in [0, 0.1) is 5.92 Å². The van der Waals surface area contributed by atoms with Crippen molar-refractivity contribution < 1.29 is 32.2 Å². The van der Waals surface area contributed by atoms with E-state index in [0.717, 1.165) is 4.31 Å². The largest absolute Gasteiger partial charge is 0.494 e. The number of nitrogens with one attached hydrogen (secondary N) is 1. The van der Waals surface area contributed by atoms with Crippen molar-refractivity contribution >= 4 is 50.7 Å². The van der Waals surface area contributed by atoms with Gasteiger partial charge in [0.05, 0.1) is 31.4 Å². The van der Waals surface area contributed by atoms with E-state index in [0.29, 0.717) is 40.3 Å². The Morgan fingerprint density at radius 3 is 2.09 bits per heavy atom. The molecule has 0 fully saturated rings. The van der Waals surface area contributed by atoms with Gasteiger partial charge in [0.25, 0.3) is 10.0 Å². The summed E-state index contributed by atoms with van der Waals surface area (Å²) in [6.07, 6.45) is 0. The van der Waals surface area contributed by atoms with Crippen molar-refractivity contribution in [1.29, 1.82) is 0 Å². The van der Waals surface area contributed by atoms with Crippen molar-refractivity contribution in [2.45, 2.75) is 45.2 Å². The van der Waals surface area contributed by atoms with E-state index in [4.69, 9.17) is 37.4 Å². The van der Waals surface area contributed by atoms with Crippen LogP contribution in [0.5, 0.6) is 17.2 Å². The van der Waals surface area contributed by atoms with E-state index in [2.05, 4.69) is 5.32 Å². The summed E-state index contributed by atoms with van der Waals surface area (Å²) in [5.41, 5.74) is 0.627. The van der Waals surface area contributed by atoms with E-state index in [-0.39, 0.29) is 28.8 Å². The molecule has 0 unspecified atom stereocenters. The summed E-state index contributed by atoms with van der Waals surface area (Å²) in [4.78, 5) is 28.5. The second kappa shape index (κ2) is 16.1. The van der Waals surface area contributed by atoms with E-state index in [1.165, 1.54) is 37.3 Å². The minimum atomic E-state index is -4.37. The summed E-state index contributed by atoms with van der Waals surface area (Å²) in [7, 11) is -1.53. The van der Waals surface area contributed by atoms with Gasteiger partial charge in [-0.05, 0) is 68.3 Å². The number of ether oxygens (including phenoxy) is 3. The van der Waals surface area contributed by atoms with Crippen molar-refractivity contribution in [2.75, 3.05) is 38.2 Å². The van der Waals surface area contributed by atoms with Gasteiger partial charge in [-0.15, -0.1) is 0 Å². The first-order valence-electron chi connectivity index (χ1n) is 14.3. The molecule has 0 radical (unpaired) electrons. The highest BCUT2D eigenvalue weighted by molar-refractivity contribution is 7.92. The van der Waals surface area contributed by atoms with Gasteiger partial charge < -0.3 is 24.4 Å². The predicted molar refractivity (Wildman–Crippen MR) is 176 cm³/mol. The number of carbonyl (C=O) groups is 2. The Bertz CT molecular complexity index is 1560. The lowest BCUT2D eigenvalue weighted by molar-refractivity contribution is -0.139. The molecule has 0 bridgehead atoms. The van der Waals surface area contributed by atoms with E-state index >= 15 is 0 Å². The summed E-state index contributed by atoms with van der Waals surface area (Å²) in [6.45, 7) is 7.33. The molecule has 0 aliphatic rings. The molecule has 244 valence electrons. The number of hydrogen-bond acceptors (Lipinski definition) is 7. The van der Waals surface area contributed by atoms with Crippen LogP contribution in [-0.2, 0) is 26.2 Å². The fraction of sp³-hybridized carbons (Fsp3) is 0.375. The average molecular weight is 681 g/mol. The Balaban J connectivity index is 2.10. The van der Waals surface area contributed by atoms with Gasteiger partial charge >= 0.3 is 0 Å². The Labute approximate surface area is 275 Å². The van der Waals surface area contributed by atoms with Gasteiger partial charge in [0, 0.05) is 34.8 Å². The Hall–Kier alpha value is -3.67. The predicted octanol–water partition coefficient (Wildman–Crippen LogP) is 5.79. The number of hydrogen-bond donors (Lipinski definition) is 1. The summed E-state index contributed by atoms with van der Waals surface area (Å²) in [5.74, 6) is 0.171. The molecule has 0 aromatic heterocycles. The second-order valence-corrected chi connectivity index (χ2v) is 13.2. The maximum atomic E-state index is 14.2. The quantitative estimate of drug-likeness (QED) is 0.216. The van der Waals surface area contributed by atoms with Gasteiger partial charge in [0.15, 0.2) is 11.5 Å². The lowest BCUT2D eigenvalue weighted by atomic mass is 10.1. The molecule has 0 saturated carbocycles. The molecule has 45 heavy (non-hydrogen) atoms. The summed E-state index contributed by atoms with van der Waals surface area (Å²) >= 11 is 12.9. The van der Waals surface area contributed by atoms with Gasteiger partial charge in [-0.3, -0.25) is 13.9 Å². The van der Waals surface area contributed by atoms with Crippen LogP contribution in [0.2, 0.25) is 10.0 Å². The van der Waals surface area contributed by atoms with Crippen molar-refractivity contribution in [2.24, 2.45) is 5.92 Å². The summed E-state index contributed by atoms with van der Waals surface area (Å²) in [5, 5.41) is 3.45. The van der Waals surface area contributed by atoms with Gasteiger partial charge in [0.2, 0.25) is 11.8 Å². The Kier molecular flexibility index (Phi) is 12.8. The van der Waals surface area contributed by atoms with Gasteiger partial charge in [-0.1, -0.05) is 43.1 Å². The van der Waals surface area contributed by atoms with Crippen LogP contribution in [-0.4, -0.2) is 65.1 Å². The first-order valence-corrected chi connectivity index (χ1v) is 16.5. The van der Waals surface area contributed by atoms with Crippen LogP contribution in [0.15, 0.2) is 65.6 Å². The topological polar surface area (TPSA) is 114 Å². The average Bonchev–Trinajstić information content (AvgIpc) is 3.02. The third-order valence-electron chi connectivity index (χ3n) is 6.90. The molecule has 3 aromatic rings. The minimum Gasteiger partial charge on any atom is -0.494 e. The highest BCUT2D eigenvalue weighted by Crippen LogP contribution is 2.33.